The van der Waals surface area contributed by atoms with Crippen molar-refractivity contribution in [2.75, 3.05) is 0 Å². The molecule has 1 unspecified atom stereocenters. The summed E-state index contributed by atoms with van der Waals surface area (Å²) >= 11 is 11.1. The molecule has 1 atom stereocenters. The molecule has 0 amide bonds. The van der Waals surface area contributed by atoms with Gasteiger partial charge < -0.3 is 10.5 Å². The Hall–Kier alpha value is -1.08. The van der Waals surface area contributed by atoms with E-state index in [1.807, 2.05) is 35.0 Å². The van der Waals surface area contributed by atoms with Crippen molar-refractivity contribution in [3.05, 3.63) is 45.0 Å². The minimum Gasteiger partial charge on any atom is -0.436 e. The summed E-state index contributed by atoms with van der Waals surface area (Å²) in [6.07, 6.45) is 2.65. The second-order valence-electron chi connectivity index (χ2n) is 4.78. The lowest BCUT2D eigenvalue weighted by molar-refractivity contribution is 0.457. The molecular formula is C14H13BrClN3OS. The van der Waals surface area contributed by atoms with Crippen LogP contribution < -0.4 is 10.5 Å². The molecule has 0 radical (unpaired) electrons. The van der Waals surface area contributed by atoms with Gasteiger partial charge in [0.05, 0.1) is 10.7 Å². The predicted molar refractivity (Wildman–Crippen MR) is 89.6 cm³/mol. The summed E-state index contributed by atoms with van der Waals surface area (Å²) in [5.74, 6) is 1.14. The van der Waals surface area contributed by atoms with Gasteiger partial charge in [-0.05, 0) is 25.1 Å². The van der Waals surface area contributed by atoms with Gasteiger partial charge in [0.2, 0.25) is 5.88 Å². The summed E-state index contributed by atoms with van der Waals surface area (Å²) in [6.45, 7) is 1.96. The molecule has 0 saturated heterocycles. The van der Waals surface area contributed by atoms with Crippen LogP contribution in [0.2, 0.25) is 5.02 Å². The number of ether oxygens (including phenoxy) is 1. The van der Waals surface area contributed by atoms with Gasteiger partial charge in [0.15, 0.2) is 4.96 Å². The number of hydrogen-bond acceptors (Lipinski definition) is 4. The van der Waals surface area contributed by atoms with E-state index in [1.165, 1.54) is 0 Å². The number of fused-ring (bicyclic) bond motifs is 1. The maximum Gasteiger partial charge on any atom is 0.242 e. The van der Waals surface area contributed by atoms with Gasteiger partial charge in [-0.1, -0.05) is 27.5 Å². The highest BCUT2D eigenvalue weighted by Gasteiger charge is 2.17. The zero-order chi connectivity index (χ0) is 15.0. The molecule has 2 heterocycles. The lowest BCUT2D eigenvalue weighted by Crippen LogP contribution is -2.19. The number of rotatable bonds is 4. The fourth-order valence-electron chi connectivity index (χ4n) is 2.05. The largest absolute Gasteiger partial charge is 0.436 e. The fourth-order valence-corrected chi connectivity index (χ4v) is 3.48. The SMILES string of the molecule is CC(N)Cc1c(Oc2ccc(Br)cc2Cl)nc2sccn12. The highest BCUT2D eigenvalue weighted by molar-refractivity contribution is 9.10. The number of nitrogens with zero attached hydrogens (tertiary/aromatic N) is 2. The average Bonchev–Trinajstić information content (AvgIpc) is 2.96. The molecular weight excluding hydrogens is 374 g/mol. The normalized spacial score (nSPS) is 12.8. The number of benzene rings is 1. The molecule has 3 rings (SSSR count). The molecule has 21 heavy (non-hydrogen) atoms. The summed E-state index contributed by atoms with van der Waals surface area (Å²) in [7, 11) is 0. The third-order valence-corrected chi connectivity index (χ3v) is 4.49. The van der Waals surface area contributed by atoms with Crippen LogP contribution in [0.1, 0.15) is 12.6 Å². The van der Waals surface area contributed by atoms with Crippen molar-refractivity contribution < 1.29 is 4.74 Å². The van der Waals surface area contributed by atoms with Crippen molar-refractivity contribution in [3.63, 3.8) is 0 Å². The van der Waals surface area contributed by atoms with E-state index in [1.54, 1.807) is 17.4 Å². The first-order chi connectivity index (χ1) is 10.0. The van der Waals surface area contributed by atoms with E-state index in [2.05, 4.69) is 20.9 Å². The highest BCUT2D eigenvalue weighted by atomic mass is 79.9. The van der Waals surface area contributed by atoms with Crippen LogP contribution in [-0.2, 0) is 6.42 Å². The van der Waals surface area contributed by atoms with Gasteiger partial charge in [0.1, 0.15) is 5.75 Å². The van der Waals surface area contributed by atoms with E-state index < -0.39 is 0 Å². The van der Waals surface area contributed by atoms with Crippen LogP contribution in [-0.4, -0.2) is 15.4 Å². The summed E-state index contributed by atoms with van der Waals surface area (Å²) in [5, 5.41) is 2.52. The molecule has 0 spiro atoms. The zero-order valence-corrected chi connectivity index (χ0v) is 14.4. The summed E-state index contributed by atoms with van der Waals surface area (Å²) < 4.78 is 8.82. The topological polar surface area (TPSA) is 52.5 Å². The summed E-state index contributed by atoms with van der Waals surface area (Å²) in [6, 6.07) is 5.51. The number of aromatic nitrogens is 2. The van der Waals surface area contributed by atoms with Crippen LogP contribution in [0.5, 0.6) is 11.6 Å². The van der Waals surface area contributed by atoms with Crippen molar-refractivity contribution in [2.45, 2.75) is 19.4 Å². The van der Waals surface area contributed by atoms with Gasteiger partial charge in [-0.15, -0.1) is 11.3 Å². The monoisotopic (exact) mass is 385 g/mol. The molecule has 0 aliphatic carbocycles. The third-order valence-electron chi connectivity index (χ3n) is 2.94. The minimum absolute atomic E-state index is 0.0209. The Balaban J connectivity index is 2.01. The van der Waals surface area contributed by atoms with Crippen molar-refractivity contribution in [1.29, 1.82) is 0 Å². The van der Waals surface area contributed by atoms with Crippen molar-refractivity contribution in [3.8, 4) is 11.6 Å². The molecule has 1 aromatic carbocycles. The van der Waals surface area contributed by atoms with Crippen molar-refractivity contribution in [2.24, 2.45) is 5.73 Å². The van der Waals surface area contributed by atoms with Gasteiger partial charge in [-0.3, -0.25) is 4.40 Å². The van der Waals surface area contributed by atoms with E-state index in [4.69, 9.17) is 22.1 Å². The van der Waals surface area contributed by atoms with Crippen LogP contribution in [0, 0.1) is 0 Å². The summed E-state index contributed by atoms with van der Waals surface area (Å²) in [4.78, 5) is 5.40. The molecule has 110 valence electrons. The first kappa shape index (κ1) is 14.8. The number of thiazole rings is 1. The summed E-state index contributed by atoms with van der Waals surface area (Å²) in [5.41, 5.74) is 6.89. The Bertz CT molecular complexity index is 784. The number of imidazole rings is 1. The van der Waals surface area contributed by atoms with E-state index in [0.29, 0.717) is 23.1 Å². The van der Waals surface area contributed by atoms with Gasteiger partial charge in [-0.2, -0.15) is 4.98 Å². The fraction of sp³-hybridized carbons (Fsp3) is 0.214. The highest BCUT2D eigenvalue weighted by Crippen LogP contribution is 2.34. The van der Waals surface area contributed by atoms with E-state index >= 15 is 0 Å². The molecule has 3 aromatic rings. The second kappa shape index (κ2) is 5.96. The number of halogens is 2. The van der Waals surface area contributed by atoms with E-state index in [9.17, 15) is 0 Å². The molecule has 0 saturated carbocycles. The van der Waals surface area contributed by atoms with E-state index in [-0.39, 0.29) is 6.04 Å². The van der Waals surface area contributed by atoms with Gasteiger partial charge in [-0.25, -0.2) is 0 Å². The second-order valence-corrected chi connectivity index (χ2v) is 6.97. The lowest BCUT2D eigenvalue weighted by atomic mass is 10.2. The van der Waals surface area contributed by atoms with Crippen molar-refractivity contribution in [1.82, 2.24) is 9.38 Å². The van der Waals surface area contributed by atoms with Gasteiger partial charge >= 0.3 is 0 Å². The maximum atomic E-state index is 6.20. The maximum absolute atomic E-state index is 6.20. The molecule has 4 nitrogen and oxygen atoms in total. The first-order valence-corrected chi connectivity index (χ1v) is 8.42. The Labute approximate surface area is 139 Å². The smallest absolute Gasteiger partial charge is 0.242 e. The minimum atomic E-state index is 0.0209. The standard InChI is InChI=1S/C14H13BrClN3OS/c1-8(17)6-11-13(18-14-19(11)4-5-21-14)20-12-3-2-9(15)7-10(12)16/h2-5,7-8H,6,17H2,1H3. The third kappa shape index (κ3) is 3.08. The molecule has 7 heteroatoms. The Morgan fingerprint density at radius 2 is 2.33 bits per heavy atom. The van der Waals surface area contributed by atoms with Crippen LogP contribution in [0.25, 0.3) is 4.96 Å². The molecule has 0 aliphatic rings. The molecule has 0 bridgehead atoms. The van der Waals surface area contributed by atoms with Crippen LogP contribution >= 0.6 is 38.9 Å². The first-order valence-electron chi connectivity index (χ1n) is 6.37. The van der Waals surface area contributed by atoms with Gasteiger partial charge in [0, 0.05) is 28.5 Å². The van der Waals surface area contributed by atoms with Crippen molar-refractivity contribution >= 4 is 43.8 Å². The van der Waals surface area contributed by atoms with E-state index in [0.717, 1.165) is 15.1 Å². The molecule has 0 aliphatic heterocycles. The lowest BCUT2D eigenvalue weighted by Gasteiger charge is -2.09. The molecule has 2 N–H and O–H groups in total. The quantitative estimate of drug-likeness (QED) is 0.718. The average molecular weight is 387 g/mol. The Kier molecular flexibility index (Phi) is 4.21. The number of nitrogens with two attached hydrogens (primary N) is 1. The number of hydrogen-bond donors (Lipinski definition) is 1. The predicted octanol–water partition coefficient (Wildman–Crippen LogP) is 4.49. The zero-order valence-electron chi connectivity index (χ0n) is 11.2. The van der Waals surface area contributed by atoms with Crippen LogP contribution in [0.4, 0.5) is 0 Å². The molecule has 0 fully saturated rings. The van der Waals surface area contributed by atoms with Crippen LogP contribution in [0.3, 0.4) is 0 Å². The Morgan fingerprint density at radius 3 is 3.05 bits per heavy atom. The Morgan fingerprint density at radius 1 is 1.52 bits per heavy atom. The van der Waals surface area contributed by atoms with Crippen LogP contribution in [0.15, 0.2) is 34.2 Å². The molecule has 2 aromatic heterocycles. The van der Waals surface area contributed by atoms with Gasteiger partial charge in [0.25, 0.3) is 0 Å².